The molecule has 0 aliphatic rings. The van der Waals surface area contributed by atoms with Crippen molar-refractivity contribution in [3.8, 4) is 11.6 Å². The smallest absolute Gasteiger partial charge is 0.337 e. The van der Waals surface area contributed by atoms with Gasteiger partial charge in [-0.1, -0.05) is 23.9 Å². The topological polar surface area (TPSA) is 70.2 Å². The first kappa shape index (κ1) is 16.3. The summed E-state index contributed by atoms with van der Waals surface area (Å²) < 4.78 is 12.2. The summed E-state index contributed by atoms with van der Waals surface area (Å²) in [5, 5.41) is 9.29. The largest absolute Gasteiger partial charge is 0.465 e. The van der Waals surface area contributed by atoms with Crippen LogP contribution >= 0.6 is 11.8 Å². The van der Waals surface area contributed by atoms with Crippen LogP contribution in [0.5, 0.6) is 0 Å². The van der Waals surface area contributed by atoms with E-state index >= 15 is 0 Å². The van der Waals surface area contributed by atoms with Gasteiger partial charge in [0.25, 0.3) is 0 Å². The number of benzene rings is 1. The molecule has 0 aliphatic heterocycles. The van der Waals surface area contributed by atoms with Crippen LogP contribution in [0, 0.1) is 0 Å². The van der Waals surface area contributed by atoms with Gasteiger partial charge in [0, 0.05) is 12.3 Å². The molecule has 0 saturated carbocycles. The van der Waals surface area contributed by atoms with Gasteiger partial charge in [-0.05, 0) is 36.8 Å². The number of thioether (sulfide) groups is 1. The Morgan fingerprint density at radius 2 is 2.17 bits per heavy atom. The molecular weight excluding hydrogens is 326 g/mol. The van der Waals surface area contributed by atoms with Crippen molar-refractivity contribution in [3.05, 3.63) is 53.8 Å². The predicted octanol–water partition coefficient (Wildman–Crippen LogP) is 3.64. The highest BCUT2D eigenvalue weighted by Gasteiger charge is 2.15. The van der Waals surface area contributed by atoms with Crippen molar-refractivity contribution in [1.82, 2.24) is 14.8 Å². The first-order valence-electron chi connectivity index (χ1n) is 7.50. The zero-order valence-corrected chi connectivity index (χ0v) is 14.2. The maximum absolute atomic E-state index is 11.6. The quantitative estimate of drug-likeness (QED) is 0.503. The molecule has 0 radical (unpaired) electrons. The van der Waals surface area contributed by atoms with Crippen molar-refractivity contribution >= 4 is 17.7 Å². The number of hydrogen-bond acceptors (Lipinski definition) is 6. The van der Waals surface area contributed by atoms with Gasteiger partial charge < -0.3 is 9.15 Å². The number of ether oxygens (including phenoxy) is 1. The Labute approximate surface area is 143 Å². The normalized spacial score (nSPS) is 10.8. The molecule has 0 spiro atoms. The van der Waals surface area contributed by atoms with E-state index in [9.17, 15) is 4.79 Å². The highest BCUT2D eigenvalue weighted by atomic mass is 32.2. The van der Waals surface area contributed by atoms with E-state index < -0.39 is 0 Å². The van der Waals surface area contributed by atoms with E-state index in [1.54, 1.807) is 24.1 Å². The summed E-state index contributed by atoms with van der Waals surface area (Å²) in [6, 6.07) is 11.1. The van der Waals surface area contributed by atoms with Crippen molar-refractivity contribution in [3.63, 3.8) is 0 Å². The third kappa shape index (κ3) is 3.35. The lowest BCUT2D eigenvalue weighted by atomic mass is 10.1. The summed E-state index contributed by atoms with van der Waals surface area (Å²) in [6.45, 7) is 2.78. The van der Waals surface area contributed by atoms with Gasteiger partial charge in [0.05, 0.1) is 18.9 Å². The minimum absolute atomic E-state index is 0.335. The van der Waals surface area contributed by atoms with Crippen LogP contribution in [0.25, 0.3) is 11.6 Å². The minimum Gasteiger partial charge on any atom is -0.465 e. The molecule has 0 bridgehead atoms. The zero-order chi connectivity index (χ0) is 16.9. The second kappa shape index (κ2) is 7.35. The summed E-state index contributed by atoms with van der Waals surface area (Å²) in [6.07, 6.45) is 1.62. The first-order valence-corrected chi connectivity index (χ1v) is 8.48. The predicted molar refractivity (Wildman–Crippen MR) is 90.7 cm³/mol. The van der Waals surface area contributed by atoms with Gasteiger partial charge in [-0.15, -0.1) is 10.2 Å². The van der Waals surface area contributed by atoms with Crippen LogP contribution in [0.4, 0.5) is 0 Å². The lowest BCUT2D eigenvalue weighted by Gasteiger charge is -2.06. The zero-order valence-electron chi connectivity index (χ0n) is 13.4. The van der Waals surface area contributed by atoms with Gasteiger partial charge in [-0.25, -0.2) is 4.79 Å². The van der Waals surface area contributed by atoms with E-state index in [0.29, 0.717) is 22.9 Å². The number of hydrogen-bond donors (Lipinski definition) is 0. The van der Waals surface area contributed by atoms with Crippen LogP contribution in [0.15, 0.2) is 52.2 Å². The highest BCUT2D eigenvalue weighted by Crippen LogP contribution is 2.26. The molecule has 2 aromatic heterocycles. The lowest BCUT2D eigenvalue weighted by Crippen LogP contribution is -2.02. The maximum atomic E-state index is 11.6. The second-order valence-electron chi connectivity index (χ2n) is 5.01. The standard InChI is InChI=1S/C17H17N3O3S/c1-3-20-15(14-8-5-9-23-14)18-19-17(20)24-11-12-6-4-7-13(10-12)16(21)22-2/h4-10H,3,11H2,1-2H3. The van der Waals surface area contributed by atoms with Crippen LogP contribution < -0.4 is 0 Å². The van der Waals surface area contributed by atoms with Crippen LogP contribution in [0.1, 0.15) is 22.8 Å². The van der Waals surface area contributed by atoms with Crippen molar-refractivity contribution in [1.29, 1.82) is 0 Å². The summed E-state index contributed by atoms with van der Waals surface area (Å²) >= 11 is 1.57. The first-order chi connectivity index (χ1) is 11.7. The summed E-state index contributed by atoms with van der Waals surface area (Å²) in [5.41, 5.74) is 1.57. The average molecular weight is 343 g/mol. The number of carbonyl (C=O) groups is 1. The molecule has 0 fully saturated rings. The van der Waals surface area contributed by atoms with Crippen LogP contribution in [-0.2, 0) is 17.0 Å². The number of aromatic nitrogens is 3. The Balaban J connectivity index is 1.77. The summed E-state index contributed by atoms with van der Waals surface area (Å²) in [4.78, 5) is 11.6. The van der Waals surface area contributed by atoms with Gasteiger partial charge in [0.1, 0.15) is 0 Å². The highest BCUT2D eigenvalue weighted by molar-refractivity contribution is 7.98. The van der Waals surface area contributed by atoms with E-state index in [1.165, 1.54) is 7.11 Å². The maximum Gasteiger partial charge on any atom is 0.337 e. The molecule has 0 atom stereocenters. The molecule has 3 aromatic rings. The SMILES string of the molecule is CCn1c(SCc2cccc(C(=O)OC)c2)nnc1-c1ccco1. The van der Waals surface area contributed by atoms with Gasteiger partial charge in [0.2, 0.25) is 0 Å². The molecule has 2 heterocycles. The fraction of sp³-hybridized carbons (Fsp3) is 0.235. The lowest BCUT2D eigenvalue weighted by molar-refractivity contribution is 0.0600. The number of carbonyl (C=O) groups excluding carboxylic acids is 1. The van der Waals surface area contributed by atoms with Crippen molar-refractivity contribution in [2.24, 2.45) is 0 Å². The Morgan fingerprint density at radius 3 is 2.88 bits per heavy atom. The van der Waals surface area contributed by atoms with Crippen molar-refractivity contribution in [2.75, 3.05) is 7.11 Å². The monoisotopic (exact) mass is 343 g/mol. The molecular formula is C17H17N3O3S. The number of methoxy groups -OCH3 is 1. The number of furan rings is 1. The number of nitrogens with zero attached hydrogens (tertiary/aromatic N) is 3. The molecule has 0 aliphatic carbocycles. The van der Waals surface area contributed by atoms with E-state index in [4.69, 9.17) is 9.15 Å². The Hall–Kier alpha value is -2.54. The Bertz CT molecular complexity index is 827. The molecule has 24 heavy (non-hydrogen) atoms. The molecule has 124 valence electrons. The van der Waals surface area contributed by atoms with Crippen LogP contribution in [0.2, 0.25) is 0 Å². The van der Waals surface area contributed by atoms with Crippen molar-refractivity contribution < 1.29 is 13.9 Å². The van der Waals surface area contributed by atoms with Gasteiger partial charge in [-0.3, -0.25) is 4.57 Å². The molecule has 1 aromatic carbocycles. The van der Waals surface area contributed by atoms with E-state index in [-0.39, 0.29) is 5.97 Å². The summed E-state index contributed by atoms with van der Waals surface area (Å²) in [7, 11) is 1.38. The molecule has 0 amide bonds. The van der Waals surface area contributed by atoms with Crippen LogP contribution in [0.3, 0.4) is 0 Å². The fourth-order valence-electron chi connectivity index (χ4n) is 2.32. The van der Waals surface area contributed by atoms with E-state index in [0.717, 1.165) is 17.3 Å². The Morgan fingerprint density at radius 1 is 1.29 bits per heavy atom. The molecule has 6 nitrogen and oxygen atoms in total. The van der Waals surface area contributed by atoms with E-state index in [2.05, 4.69) is 10.2 Å². The molecule has 0 N–H and O–H groups in total. The van der Waals surface area contributed by atoms with Crippen molar-refractivity contribution in [2.45, 2.75) is 24.4 Å². The summed E-state index contributed by atoms with van der Waals surface area (Å²) in [5.74, 6) is 1.76. The third-order valence-electron chi connectivity index (χ3n) is 3.49. The second-order valence-corrected chi connectivity index (χ2v) is 5.95. The fourth-order valence-corrected chi connectivity index (χ4v) is 3.27. The van der Waals surface area contributed by atoms with Gasteiger partial charge >= 0.3 is 5.97 Å². The van der Waals surface area contributed by atoms with E-state index in [1.807, 2.05) is 41.8 Å². The number of esters is 1. The molecule has 0 unspecified atom stereocenters. The average Bonchev–Trinajstić information content (AvgIpc) is 3.28. The molecule has 3 rings (SSSR count). The molecule has 0 saturated heterocycles. The molecule has 7 heteroatoms. The van der Waals surface area contributed by atoms with Crippen LogP contribution in [-0.4, -0.2) is 27.8 Å². The minimum atomic E-state index is -0.335. The Kier molecular flexibility index (Phi) is 5.00. The van der Waals surface area contributed by atoms with Gasteiger partial charge in [-0.2, -0.15) is 0 Å². The van der Waals surface area contributed by atoms with Gasteiger partial charge in [0.15, 0.2) is 16.7 Å². The number of rotatable bonds is 6. The third-order valence-corrected chi connectivity index (χ3v) is 4.53.